The predicted octanol–water partition coefficient (Wildman–Crippen LogP) is 3.17. The van der Waals surface area contributed by atoms with Gasteiger partial charge in [-0.3, -0.25) is 0 Å². The van der Waals surface area contributed by atoms with Gasteiger partial charge in [0.15, 0.2) is 0 Å². The smallest absolute Gasteiger partial charge is 0.120 e. The van der Waals surface area contributed by atoms with Crippen LogP contribution in [0.4, 0.5) is 0 Å². The van der Waals surface area contributed by atoms with Crippen molar-refractivity contribution in [3.05, 3.63) is 21.1 Å². The molecule has 1 saturated carbocycles. The minimum Gasteiger partial charge on any atom is -0.334 e. The zero-order valence-corrected chi connectivity index (χ0v) is 8.91. The van der Waals surface area contributed by atoms with Crippen LogP contribution in [-0.2, 0) is 0 Å². The third kappa shape index (κ3) is 1.45. The van der Waals surface area contributed by atoms with Gasteiger partial charge < -0.3 is 4.98 Å². The van der Waals surface area contributed by atoms with Crippen LogP contribution in [0.5, 0.6) is 0 Å². The molecule has 4 heteroatoms. The molecule has 0 spiro atoms. The molecule has 0 saturated heterocycles. The first-order chi connectivity index (χ1) is 5.77. The van der Waals surface area contributed by atoms with Crippen molar-refractivity contribution in [3.8, 4) is 0 Å². The zero-order chi connectivity index (χ0) is 8.55. The average Bonchev–Trinajstić information content (AvgIpc) is 1.93. The molecular formula is C8H9BrN2S. The van der Waals surface area contributed by atoms with E-state index in [1.807, 2.05) is 0 Å². The van der Waals surface area contributed by atoms with E-state index >= 15 is 0 Å². The van der Waals surface area contributed by atoms with E-state index in [-0.39, 0.29) is 0 Å². The Morgan fingerprint density at radius 2 is 2.33 bits per heavy atom. The van der Waals surface area contributed by atoms with Crippen molar-refractivity contribution < 1.29 is 0 Å². The summed E-state index contributed by atoms with van der Waals surface area (Å²) >= 11 is 8.41. The molecule has 0 atom stereocenters. The summed E-state index contributed by atoms with van der Waals surface area (Å²) in [5.74, 6) is 1.68. The van der Waals surface area contributed by atoms with Crippen LogP contribution in [0.2, 0.25) is 0 Å². The van der Waals surface area contributed by atoms with Crippen molar-refractivity contribution in [2.75, 3.05) is 0 Å². The number of rotatable bonds is 1. The molecule has 0 bridgehead atoms. The van der Waals surface area contributed by atoms with Gasteiger partial charge >= 0.3 is 0 Å². The molecule has 1 N–H and O–H groups in total. The van der Waals surface area contributed by atoms with Crippen molar-refractivity contribution in [2.45, 2.75) is 25.2 Å². The lowest BCUT2D eigenvalue weighted by molar-refractivity contribution is 0.401. The van der Waals surface area contributed by atoms with Gasteiger partial charge in [0.1, 0.15) is 10.5 Å². The summed E-state index contributed by atoms with van der Waals surface area (Å²) in [6.45, 7) is 0. The van der Waals surface area contributed by atoms with Gasteiger partial charge in [0.2, 0.25) is 0 Å². The van der Waals surface area contributed by atoms with Crippen LogP contribution in [0.25, 0.3) is 0 Å². The fourth-order valence-corrected chi connectivity index (χ4v) is 1.64. The molecular weight excluding hydrogens is 236 g/mol. The van der Waals surface area contributed by atoms with E-state index in [4.69, 9.17) is 12.2 Å². The van der Waals surface area contributed by atoms with Gasteiger partial charge in [-0.2, -0.15) is 0 Å². The van der Waals surface area contributed by atoms with Crippen molar-refractivity contribution in [1.82, 2.24) is 9.97 Å². The largest absolute Gasteiger partial charge is 0.334 e. The summed E-state index contributed by atoms with van der Waals surface area (Å²) in [5.41, 5.74) is 0. The second kappa shape index (κ2) is 3.26. The molecule has 1 aliphatic rings. The van der Waals surface area contributed by atoms with Gasteiger partial charge in [0.25, 0.3) is 0 Å². The van der Waals surface area contributed by atoms with Crippen LogP contribution in [0.3, 0.4) is 0 Å². The van der Waals surface area contributed by atoms with Crippen LogP contribution in [-0.4, -0.2) is 9.97 Å². The Morgan fingerprint density at radius 3 is 2.83 bits per heavy atom. The fourth-order valence-electron chi connectivity index (χ4n) is 1.28. The molecule has 12 heavy (non-hydrogen) atoms. The van der Waals surface area contributed by atoms with Gasteiger partial charge in [-0.25, -0.2) is 4.98 Å². The minimum atomic E-state index is 0.625. The van der Waals surface area contributed by atoms with E-state index < -0.39 is 0 Å². The Labute approximate surface area is 84.6 Å². The van der Waals surface area contributed by atoms with E-state index in [2.05, 4.69) is 25.9 Å². The minimum absolute atomic E-state index is 0.625. The van der Waals surface area contributed by atoms with Crippen LogP contribution >= 0.6 is 28.1 Å². The topological polar surface area (TPSA) is 28.7 Å². The van der Waals surface area contributed by atoms with Crippen LogP contribution < -0.4 is 0 Å². The Hall–Kier alpha value is -0.220. The second-order valence-corrected chi connectivity index (χ2v) is 4.34. The average molecular weight is 245 g/mol. The molecule has 2 rings (SSSR count). The highest BCUT2D eigenvalue weighted by atomic mass is 79.9. The number of aromatic amines is 1. The van der Waals surface area contributed by atoms with Crippen LogP contribution in [0, 0.1) is 4.64 Å². The fraction of sp³-hybridized carbons (Fsp3) is 0.500. The van der Waals surface area contributed by atoms with Crippen molar-refractivity contribution in [1.29, 1.82) is 0 Å². The third-order valence-corrected chi connectivity index (χ3v) is 3.45. The third-order valence-electron chi connectivity index (χ3n) is 2.27. The maximum Gasteiger partial charge on any atom is 0.120 e. The first-order valence-electron chi connectivity index (χ1n) is 4.02. The summed E-state index contributed by atoms with van der Waals surface area (Å²) in [5, 5.41) is 0. The molecule has 1 aliphatic carbocycles. The van der Waals surface area contributed by atoms with Crippen molar-refractivity contribution in [2.24, 2.45) is 0 Å². The lowest BCUT2D eigenvalue weighted by Crippen LogP contribution is -2.12. The number of halogens is 1. The molecule has 2 nitrogen and oxygen atoms in total. The van der Waals surface area contributed by atoms with Crippen LogP contribution in [0.1, 0.15) is 31.0 Å². The zero-order valence-electron chi connectivity index (χ0n) is 6.51. The Morgan fingerprint density at radius 1 is 1.58 bits per heavy atom. The highest BCUT2D eigenvalue weighted by molar-refractivity contribution is 9.10. The maximum absolute atomic E-state index is 5.09. The number of nitrogens with zero attached hydrogens (tertiary/aromatic N) is 1. The standard InChI is InChI=1S/C8H9BrN2S/c9-6-4-10-7(11-8(6)12)5-2-1-3-5/h4-5H,1-3H2,(H,10,11,12). The summed E-state index contributed by atoms with van der Waals surface area (Å²) in [4.78, 5) is 7.43. The van der Waals surface area contributed by atoms with Crippen LogP contribution in [0.15, 0.2) is 10.7 Å². The second-order valence-electron chi connectivity index (χ2n) is 3.07. The lowest BCUT2D eigenvalue weighted by atomic mass is 9.85. The van der Waals surface area contributed by atoms with E-state index in [0.717, 1.165) is 14.9 Å². The van der Waals surface area contributed by atoms with Gasteiger partial charge in [-0.05, 0) is 28.8 Å². The molecule has 1 aromatic heterocycles. The summed E-state index contributed by atoms with van der Waals surface area (Å²) < 4.78 is 1.63. The van der Waals surface area contributed by atoms with Gasteiger partial charge in [-0.15, -0.1) is 0 Å². The first-order valence-corrected chi connectivity index (χ1v) is 5.22. The highest BCUT2D eigenvalue weighted by Crippen LogP contribution is 2.34. The van der Waals surface area contributed by atoms with Crippen molar-refractivity contribution >= 4 is 28.1 Å². The van der Waals surface area contributed by atoms with E-state index in [1.165, 1.54) is 19.3 Å². The van der Waals surface area contributed by atoms with E-state index in [0.29, 0.717) is 5.92 Å². The molecule has 0 unspecified atom stereocenters. The molecule has 0 radical (unpaired) electrons. The van der Waals surface area contributed by atoms with Gasteiger partial charge in [-0.1, -0.05) is 18.6 Å². The number of nitrogens with one attached hydrogen (secondary N) is 1. The Kier molecular flexibility index (Phi) is 2.28. The number of H-pyrrole nitrogens is 1. The quantitative estimate of drug-likeness (QED) is 0.770. The molecule has 1 heterocycles. The molecule has 0 amide bonds. The van der Waals surface area contributed by atoms with Crippen molar-refractivity contribution in [3.63, 3.8) is 0 Å². The molecule has 0 aliphatic heterocycles. The highest BCUT2D eigenvalue weighted by Gasteiger charge is 2.21. The molecule has 64 valence electrons. The molecule has 1 fully saturated rings. The summed E-state index contributed by atoms with van der Waals surface area (Å²) in [6, 6.07) is 0. The molecule has 1 aromatic rings. The lowest BCUT2D eigenvalue weighted by Gasteiger charge is -2.23. The summed E-state index contributed by atoms with van der Waals surface area (Å²) in [7, 11) is 0. The Bertz CT molecular complexity index is 343. The predicted molar refractivity (Wildman–Crippen MR) is 53.7 cm³/mol. The summed E-state index contributed by atoms with van der Waals surface area (Å²) in [6.07, 6.45) is 5.61. The van der Waals surface area contributed by atoms with Gasteiger partial charge in [0, 0.05) is 12.1 Å². The number of hydrogen-bond donors (Lipinski definition) is 1. The molecule has 0 aromatic carbocycles. The van der Waals surface area contributed by atoms with E-state index in [9.17, 15) is 0 Å². The maximum atomic E-state index is 5.09. The SMILES string of the molecule is S=c1[nH]c(C2CCC2)ncc1Br. The Balaban J connectivity index is 2.33. The monoisotopic (exact) mass is 244 g/mol. The van der Waals surface area contributed by atoms with E-state index in [1.54, 1.807) is 6.20 Å². The first kappa shape index (κ1) is 8.38. The number of aromatic nitrogens is 2. The van der Waals surface area contributed by atoms with Gasteiger partial charge in [0.05, 0.1) is 4.47 Å². The normalized spacial score (nSPS) is 17.4. The number of hydrogen-bond acceptors (Lipinski definition) is 2.